The summed E-state index contributed by atoms with van der Waals surface area (Å²) in [6, 6.07) is 20.8. The number of rotatable bonds is 4. The first kappa shape index (κ1) is 15.7. The molecule has 3 rings (SSSR count). The quantitative estimate of drug-likeness (QED) is 0.652. The molecule has 0 saturated carbocycles. The van der Waals surface area contributed by atoms with Gasteiger partial charge in [-0.1, -0.05) is 41.9 Å². The Hall–Kier alpha value is -3.16. The van der Waals surface area contributed by atoms with E-state index in [1.54, 1.807) is 48.5 Å². The third-order valence-electron chi connectivity index (χ3n) is 3.30. The number of ketones is 1. The van der Waals surface area contributed by atoms with Crippen LogP contribution in [0.1, 0.15) is 21.6 Å². The first-order chi connectivity index (χ1) is 11.7. The molecule has 1 heterocycles. The maximum atomic E-state index is 12.3. The summed E-state index contributed by atoms with van der Waals surface area (Å²) in [5.74, 6) is 0.718. The molecule has 0 radical (unpaired) electrons. The SMILES string of the molecule is N#Cc1nc(Oc2ccc(C(=O)c3ccccc3)cc2)ccc1Cl. The fraction of sp³-hybridized carbons (Fsp3) is 0. The highest BCUT2D eigenvalue weighted by Crippen LogP contribution is 2.23. The smallest absolute Gasteiger partial charge is 0.220 e. The number of ether oxygens (including phenoxy) is 1. The molecule has 0 atom stereocenters. The zero-order chi connectivity index (χ0) is 16.9. The summed E-state index contributed by atoms with van der Waals surface area (Å²) < 4.78 is 5.58. The van der Waals surface area contributed by atoms with Crippen LogP contribution in [0.15, 0.2) is 66.7 Å². The van der Waals surface area contributed by atoms with Crippen molar-refractivity contribution < 1.29 is 9.53 Å². The Kier molecular flexibility index (Phi) is 4.55. The zero-order valence-corrected chi connectivity index (χ0v) is 13.2. The second kappa shape index (κ2) is 6.95. The van der Waals surface area contributed by atoms with Crippen molar-refractivity contribution >= 4 is 17.4 Å². The Labute approximate surface area is 143 Å². The van der Waals surface area contributed by atoms with E-state index in [0.717, 1.165) is 0 Å². The summed E-state index contributed by atoms with van der Waals surface area (Å²) in [6.07, 6.45) is 0. The zero-order valence-electron chi connectivity index (χ0n) is 12.4. The van der Waals surface area contributed by atoms with Gasteiger partial charge >= 0.3 is 0 Å². The highest BCUT2D eigenvalue weighted by atomic mass is 35.5. The number of benzene rings is 2. The lowest BCUT2D eigenvalue weighted by Gasteiger charge is -2.06. The van der Waals surface area contributed by atoms with Crippen LogP contribution in [0.4, 0.5) is 0 Å². The van der Waals surface area contributed by atoms with Gasteiger partial charge in [-0.3, -0.25) is 4.79 Å². The van der Waals surface area contributed by atoms with E-state index in [1.807, 2.05) is 24.3 Å². The van der Waals surface area contributed by atoms with Crippen LogP contribution in [-0.2, 0) is 0 Å². The number of nitrogens with zero attached hydrogens (tertiary/aromatic N) is 2. The van der Waals surface area contributed by atoms with Crippen molar-refractivity contribution in [1.82, 2.24) is 4.98 Å². The van der Waals surface area contributed by atoms with Crippen LogP contribution in [0.5, 0.6) is 11.6 Å². The van der Waals surface area contributed by atoms with Gasteiger partial charge in [0.25, 0.3) is 0 Å². The molecule has 0 fully saturated rings. The first-order valence-electron chi connectivity index (χ1n) is 7.11. The lowest BCUT2D eigenvalue weighted by Crippen LogP contribution is -2.00. The van der Waals surface area contributed by atoms with Gasteiger partial charge in [0.15, 0.2) is 11.5 Å². The van der Waals surface area contributed by atoms with Crippen molar-refractivity contribution in [2.24, 2.45) is 0 Å². The van der Waals surface area contributed by atoms with Crippen LogP contribution in [0.2, 0.25) is 5.02 Å². The van der Waals surface area contributed by atoms with E-state index in [-0.39, 0.29) is 22.4 Å². The van der Waals surface area contributed by atoms with Gasteiger partial charge < -0.3 is 4.74 Å². The minimum Gasteiger partial charge on any atom is -0.439 e. The van der Waals surface area contributed by atoms with Gasteiger partial charge in [-0.05, 0) is 30.3 Å². The molecule has 3 aromatic rings. The number of pyridine rings is 1. The first-order valence-corrected chi connectivity index (χ1v) is 7.49. The molecule has 0 saturated heterocycles. The van der Waals surface area contributed by atoms with E-state index in [1.165, 1.54) is 0 Å². The molecule has 24 heavy (non-hydrogen) atoms. The van der Waals surface area contributed by atoms with Crippen molar-refractivity contribution in [1.29, 1.82) is 5.26 Å². The van der Waals surface area contributed by atoms with Crippen LogP contribution in [-0.4, -0.2) is 10.8 Å². The van der Waals surface area contributed by atoms with Gasteiger partial charge in [0, 0.05) is 17.2 Å². The molecular formula is C19H11ClN2O2. The second-order valence-electron chi connectivity index (χ2n) is 4.91. The molecule has 0 amide bonds. The number of nitriles is 1. The summed E-state index contributed by atoms with van der Waals surface area (Å²) in [4.78, 5) is 16.3. The molecule has 0 aliphatic carbocycles. The number of halogens is 1. The van der Waals surface area contributed by atoms with E-state index in [2.05, 4.69) is 4.98 Å². The Morgan fingerprint density at radius 1 is 0.958 bits per heavy atom. The highest BCUT2D eigenvalue weighted by Gasteiger charge is 2.09. The van der Waals surface area contributed by atoms with Gasteiger partial charge in [-0.25, -0.2) is 4.98 Å². The molecule has 0 aliphatic rings. The lowest BCUT2D eigenvalue weighted by molar-refractivity contribution is 0.103. The summed E-state index contributed by atoms with van der Waals surface area (Å²) in [5, 5.41) is 9.20. The highest BCUT2D eigenvalue weighted by molar-refractivity contribution is 6.31. The van der Waals surface area contributed by atoms with Crippen molar-refractivity contribution in [2.45, 2.75) is 0 Å². The predicted octanol–water partition coefficient (Wildman–Crippen LogP) is 4.63. The molecule has 0 N–H and O–H groups in total. The van der Waals surface area contributed by atoms with Crippen LogP contribution < -0.4 is 4.74 Å². The average Bonchev–Trinajstić information content (AvgIpc) is 2.64. The molecule has 2 aromatic carbocycles. The maximum absolute atomic E-state index is 12.3. The molecule has 116 valence electrons. The fourth-order valence-electron chi connectivity index (χ4n) is 2.11. The van der Waals surface area contributed by atoms with Crippen LogP contribution in [0.3, 0.4) is 0 Å². The number of hydrogen-bond donors (Lipinski definition) is 0. The largest absolute Gasteiger partial charge is 0.439 e. The van der Waals surface area contributed by atoms with E-state index in [9.17, 15) is 4.79 Å². The summed E-state index contributed by atoms with van der Waals surface area (Å²) in [7, 11) is 0. The van der Waals surface area contributed by atoms with Crippen LogP contribution >= 0.6 is 11.6 Å². The second-order valence-corrected chi connectivity index (χ2v) is 5.32. The third kappa shape index (κ3) is 3.43. The number of hydrogen-bond acceptors (Lipinski definition) is 4. The van der Waals surface area contributed by atoms with E-state index in [4.69, 9.17) is 21.6 Å². The van der Waals surface area contributed by atoms with E-state index >= 15 is 0 Å². The van der Waals surface area contributed by atoms with Crippen molar-refractivity contribution in [3.8, 4) is 17.7 Å². The van der Waals surface area contributed by atoms with Gasteiger partial charge in [-0.2, -0.15) is 5.26 Å². The van der Waals surface area contributed by atoms with Crippen LogP contribution in [0.25, 0.3) is 0 Å². The Bertz CT molecular complexity index is 916. The Morgan fingerprint density at radius 3 is 2.29 bits per heavy atom. The minimum absolute atomic E-state index is 0.0569. The maximum Gasteiger partial charge on any atom is 0.220 e. The normalized spacial score (nSPS) is 10.0. The van der Waals surface area contributed by atoms with E-state index in [0.29, 0.717) is 16.9 Å². The van der Waals surface area contributed by atoms with Crippen molar-refractivity contribution in [3.05, 3.63) is 88.6 Å². The molecular weight excluding hydrogens is 324 g/mol. The number of carbonyl (C=O) groups is 1. The van der Waals surface area contributed by atoms with Gasteiger partial charge in [0.1, 0.15) is 11.8 Å². The Morgan fingerprint density at radius 2 is 1.62 bits per heavy atom. The van der Waals surface area contributed by atoms with Gasteiger partial charge in [-0.15, -0.1) is 0 Å². The molecule has 0 spiro atoms. The molecule has 0 unspecified atom stereocenters. The fourth-order valence-corrected chi connectivity index (χ4v) is 2.26. The molecule has 0 aliphatic heterocycles. The lowest BCUT2D eigenvalue weighted by atomic mass is 10.0. The molecule has 0 bridgehead atoms. The molecule has 1 aromatic heterocycles. The summed E-state index contributed by atoms with van der Waals surface area (Å²) >= 11 is 5.84. The van der Waals surface area contributed by atoms with Crippen molar-refractivity contribution in [3.63, 3.8) is 0 Å². The van der Waals surface area contributed by atoms with Gasteiger partial charge in [0.05, 0.1) is 5.02 Å². The molecule has 5 heteroatoms. The molecule has 4 nitrogen and oxygen atoms in total. The van der Waals surface area contributed by atoms with E-state index < -0.39 is 0 Å². The number of carbonyl (C=O) groups excluding carboxylic acids is 1. The average molecular weight is 335 g/mol. The van der Waals surface area contributed by atoms with Crippen molar-refractivity contribution in [2.75, 3.05) is 0 Å². The monoisotopic (exact) mass is 334 g/mol. The Balaban J connectivity index is 1.78. The predicted molar refractivity (Wildman–Crippen MR) is 90.4 cm³/mol. The summed E-state index contributed by atoms with van der Waals surface area (Å²) in [5.41, 5.74) is 1.30. The summed E-state index contributed by atoms with van der Waals surface area (Å²) in [6.45, 7) is 0. The number of aromatic nitrogens is 1. The van der Waals surface area contributed by atoms with Gasteiger partial charge in [0.2, 0.25) is 5.88 Å². The standard InChI is InChI=1S/C19H11ClN2O2/c20-16-10-11-18(22-17(16)12-21)24-15-8-6-14(7-9-15)19(23)13-4-2-1-3-5-13/h1-11H. The minimum atomic E-state index is -0.0569. The topological polar surface area (TPSA) is 63.0 Å². The van der Waals surface area contributed by atoms with Crippen LogP contribution in [0, 0.1) is 11.3 Å². The third-order valence-corrected chi connectivity index (χ3v) is 3.61.